The second kappa shape index (κ2) is 9.07. The molecular weight excluding hydrogens is 350 g/mol. The van der Waals surface area contributed by atoms with E-state index in [1.165, 1.54) is 19.2 Å². The Morgan fingerprint density at radius 3 is 2.31 bits per heavy atom. The normalized spacial score (nSPS) is 12.0. The number of rotatable bonds is 6. The van der Waals surface area contributed by atoms with Crippen LogP contribution in [0.4, 0.5) is 17.6 Å². The van der Waals surface area contributed by atoms with E-state index in [2.05, 4.69) is 15.6 Å². The number of ether oxygens (including phenoxy) is 1. The molecule has 2 N–H and O–H groups in total. The minimum absolute atomic E-state index is 0.0904. The largest absolute Gasteiger partial charge is 0.454 e. The topological polar surface area (TPSA) is 45.7 Å². The molecule has 140 valence electrons. The Kier molecular flexibility index (Phi) is 6.82. The van der Waals surface area contributed by atoms with Crippen LogP contribution in [-0.4, -0.2) is 25.7 Å². The maximum Gasteiger partial charge on any atom is 0.390 e. The van der Waals surface area contributed by atoms with E-state index < -0.39 is 18.4 Å². The van der Waals surface area contributed by atoms with Gasteiger partial charge in [-0.2, -0.15) is 13.2 Å². The van der Waals surface area contributed by atoms with Gasteiger partial charge in [-0.3, -0.25) is 4.99 Å². The van der Waals surface area contributed by atoms with Crippen molar-refractivity contribution in [2.45, 2.75) is 19.1 Å². The molecule has 8 heteroatoms. The number of alkyl halides is 3. The van der Waals surface area contributed by atoms with Crippen LogP contribution in [0.5, 0.6) is 11.5 Å². The Balaban J connectivity index is 1.98. The Bertz CT molecular complexity index is 747. The first-order valence-corrected chi connectivity index (χ1v) is 7.90. The Morgan fingerprint density at radius 1 is 1.00 bits per heavy atom. The van der Waals surface area contributed by atoms with Gasteiger partial charge in [0, 0.05) is 25.7 Å². The number of hydrogen-bond acceptors (Lipinski definition) is 2. The van der Waals surface area contributed by atoms with Crippen LogP contribution in [-0.2, 0) is 6.54 Å². The zero-order valence-electron chi connectivity index (χ0n) is 14.1. The van der Waals surface area contributed by atoms with E-state index in [1.54, 1.807) is 36.4 Å². The average Bonchev–Trinajstić information content (AvgIpc) is 2.60. The molecule has 2 rings (SSSR count). The lowest BCUT2D eigenvalue weighted by Crippen LogP contribution is -2.38. The number of nitrogens with zero attached hydrogens (tertiary/aromatic N) is 1. The summed E-state index contributed by atoms with van der Waals surface area (Å²) in [4.78, 5) is 3.88. The van der Waals surface area contributed by atoms with Gasteiger partial charge in [-0.25, -0.2) is 4.39 Å². The van der Waals surface area contributed by atoms with Crippen LogP contribution >= 0.6 is 0 Å². The molecular formula is C18H19F4N3O. The molecule has 0 aliphatic rings. The van der Waals surface area contributed by atoms with Crippen LogP contribution < -0.4 is 15.4 Å². The van der Waals surface area contributed by atoms with Crippen LogP contribution in [0.25, 0.3) is 0 Å². The highest BCUT2D eigenvalue weighted by atomic mass is 19.4. The molecule has 0 aliphatic carbocycles. The SMILES string of the molecule is CN=C(NCCC(F)(F)F)NCc1ccccc1Oc1ccccc1F. The average molecular weight is 369 g/mol. The van der Waals surface area contributed by atoms with Crippen molar-refractivity contribution in [1.82, 2.24) is 10.6 Å². The van der Waals surface area contributed by atoms with Gasteiger partial charge in [0.05, 0.1) is 6.42 Å². The third-order valence-electron chi connectivity index (χ3n) is 3.40. The van der Waals surface area contributed by atoms with Gasteiger partial charge in [0.15, 0.2) is 17.5 Å². The standard InChI is InChI=1S/C18H19F4N3O/c1-23-17(24-11-10-18(20,21)22)25-12-13-6-2-4-8-15(13)26-16-9-5-3-7-14(16)19/h2-9H,10-12H2,1H3,(H2,23,24,25). The third-order valence-corrected chi connectivity index (χ3v) is 3.40. The summed E-state index contributed by atoms with van der Waals surface area (Å²) in [5.74, 6) is 0.276. The van der Waals surface area contributed by atoms with Crippen LogP contribution in [0.3, 0.4) is 0 Å². The Labute approximate surface area is 148 Å². The molecule has 4 nitrogen and oxygen atoms in total. The first-order valence-electron chi connectivity index (χ1n) is 7.90. The molecule has 0 amide bonds. The number of halogens is 4. The maximum absolute atomic E-state index is 13.7. The second-order valence-corrected chi connectivity index (χ2v) is 5.36. The number of nitrogens with one attached hydrogen (secondary N) is 2. The molecule has 26 heavy (non-hydrogen) atoms. The fourth-order valence-electron chi connectivity index (χ4n) is 2.12. The molecule has 0 unspecified atom stereocenters. The fraction of sp³-hybridized carbons (Fsp3) is 0.278. The van der Waals surface area contributed by atoms with E-state index in [1.807, 2.05) is 0 Å². The van der Waals surface area contributed by atoms with Gasteiger partial charge in [0.25, 0.3) is 0 Å². The number of hydrogen-bond donors (Lipinski definition) is 2. The van der Waals surface area contributed by atoms with Gasteiger partial charge in [-0.05, 0) is 18.2 Å². The molecule has 0 heterocycles. The molecule has 0 aliphatic heterocycles. The van der Waals surface area contributed by atoms with Crippen LogP contribution in [0, 0.1) is 5.82 Å². The van der Waals surface area contributed by atoms with Gasteiger partial charge in [-0.15, -0.1) is 0 Å². The zero-order chi connectivity index (χ0) is 19.0. The van der Waals surface area contributed by atoms with E-state index >= 15 is 0 Å². The van der Waals surface area contributed by atoms with Crippen molar-refractivity contribution in [2.24, 2.45) is 4.99 Å². The van der Waals surface area contributed by atoms with Crippen LogP contribution in [0.2, 0.25) is 0 Å². The smallest absolute Gasteiger partial charge is 0.390 e. The lowest BCUT2D eigenvalue weighted by molar-refractivity contribution is -0.132. The lowest BCUT2D eigenvalue weighted by Gasteiger charge is -2.15. The summed E-state index contributed by atoms with van der Waals surface area (Å²) >= 11 is 0. The molecule has 0 saturated carbocycles. The highest BCUT2D eigenvalue weighted by Gasteiger charge is 2.26. The number of benzene rings is 2. The number of aliphatic imine (C=N–C) groups is 1. The minimum Gasteiger partial charge on any atom is -0.454 e. The van der Waals surface area contributed by atoms with Crippen LogP contribution in [0.15, 0.2) is 53.5 Å². The summed E-state index contributed by atoms with van der Waals surface area (Å²) in [6, 6.07) is 13.0. The van der Waals surface area contributed by atoms with Gasteiger partial charge in [-0.1, -0.05) is 30.3 Å². The van der Waals surface area contributed by atoms with Crippen molar-refractivity contribution in [3.05, 3.63) is 59.9 Å². The van der Waals surface area contributed by atoms with E-state index in [-0.39, 0.29) is 24.8 Å². The first-order chi connectivity index (χ1) is 12.4. The van der Waals surface area contributed by atoms with Crippen molar-refractivity contribution in [1.29, 1.82) is 0 Å². The highest BCUT2D eigenvalue weighted by molar-refractivity contribution is 5.79. The van der Waals surface area contributed by atoms with E-state index in [4.69, 9.17) is 4.74 Å². The third kappa shape index (κ3) is 6.27. The molecule has 2 aromatic rings. The molecule has 0 atom stereocenters. The first kappa shape index (κ1) is 19.6. The summed E-state index contributed by atoms with van der Waals surface area (Å²) in [7, 11) is 1.46. The number of para-hydroxylation sites is 2. The fourth-order valence-corrected chi connectivity index (χ4v) is 2.12. The molecule has 0 saturated heterocycles. The summed E-state index contributed by atoms with van der Waals surface area (Å²) in [6.45, 7) is -0.0349. The van der Waals surface area contributed by atoms with Gasteiger partial charge < -0.3 is 15.4 Å². The molecule has 0 aromatic heterocycles. The maximum atomic E-state index is 13.7. The van der Waals surface area contributed by atoms with Crippen molar-refractivity contribution in [3.63, 3.8) is 0 Å². The summed E-state index contributed by atoms with van der Waals surface area (Å²) < 4.78 is 56.0. The predicted molar refractivity (Wildman–Crippen MR) is 91.8 cm³/mol. The molecule has 0 spiro atoms. The minimum atomic E-state index is -4.23. The molecule has 0 bridgehead atoms. The van der Waals surface area contributed by atoms with E-state index in [9.17, 15) is 17.6 Å². The van der Waals surface area contributed by atoms with Gasteiger partial charge in [0.1, 0.15) is 5.75 Å². The van der Waals surface area contributed by atoms with E-state index in [0.717, 1.165) is 0 Å². The van der Waals surface area contributed by atoms with Crippen molar-refractivity contribution in [3.8, 4) is 11.5 Å². The van der Waals surface area contributed by atoms with Gasteiger partial charge >= 0.3 is 6.18 Å². The predicted octanol–water partition coefficient (Wildman–Crippen LogP) is 4.24. The molecule has 0 fully saturated rings. The van der Waals surface area contributed by atoms with E-state index in [0.29, 0.717) is 11.3 Å². The summed E-state index contributed by atoms with van der Waals surface area (Å²) in [5, 5.41) is 5.50. The summed E-state index contributed by atoms with van der Waals surface area (Å²) in [6.07, 6.45) is -5.19. The molecule has 0 radical (unpaired) electrons. The quantitative estimate of drug-likeness (QED) is 0.455. The van der Waals surface area contributed by atoms with Crippen molar-refractivity contribution in [2.75, 3.05) is 13.6 Å². The summed E-state index contributed by atoms with van der Waals surface area (Å²) in [5.41, 5.74) is 0.703. The van der Waals surface area contributed by atoms with Crippen molar-refractivity contribution >= 4 is 5.96 Å². The Hall–Kier alpha value is -2.77. The monoisotopic (exact) mass is 369 g/mol. The lowest BCUT2D eigenvalue weighted by atomic mass is 10.2. The number of guanidine groups is 1. The molecule has 2 aromatic carbocycles. The zero-order valence-corrected chi connectivity index (χ0v) is 14.1. The second-order valence-electron chi connectivity index (χ2n) is 5.36. The van der Waals surface area contributed by atoms with Crippen LogP contribution in [0.1, 0.15) is 12.0 Å². The van der Waals surface area contributed by atoms with Crippen molar-refractivity contribution < 1.29 is 22.3 Å². The highest BCUT2D eigenvalue weighted by Crippen LogP contribution is 2.27. The Morgan fingerprint density at radius 2 is 1.65 bits per heavy atom. The van der Waals surface area contributed by atoms with Gasteiger partial charge in [0.2, 0.25) is 0 Å².